The second-order valence-corrected chi connectivity index (χ2v) is 7.34. The summed E-state index contributed by atoms with van der Waals surface area (Å²) in [5.74, 6) is 2.41. The molecule has 1 aromatic carbocycles. The predicted molar refractivity (Wildman–Crippen MR) is 87.6 cm³/mol. The maximum absolute atomic E-state index is 3.82. The van der Waals surface area contributed by atoms with Crippen LogP contribution in [0.1, 0.15) is 45.6 Å². The van der Waals surface area contributed by atoms with Crippen molar-refractivity contribution in [2.75, 3.05) is 5.32 Å². The van der Waals surface area contributed by atoms with Gasteiger partial charge >= 0.3 is 0 Å². The molecule has 3 atom stereocenters. The van der Waals surface area contributed by atoms with Crippen molar-refractivity contribution in [3.8, 4) is 0 Å². The molecule has 1 nitrogen and oxygen atoms in total. The number of hydrogen-bond donors (Lipinski definition) is 1. The van der Waals surface area contributed by atoms with Crippen molar-refractivity contribution >= 4 is 21.6 Å². The molecule has 0 radical (unpaired) electrons. The molecule has 3 unspecified atom stereocenters. The van der Waals surface area contributed by atoms with Gasteiger partial charge in [-0.2, -0.15) is 0 Å². The van der Waals surface area contributed by atoms with Crippen LogP contribution in [0.15, 0.2) is 22.7 Å². The molecular weight excluding hydrogens is 298 g/mol. The number of benzene rings is 1. The van der Waals surface area contributed by atoms with Crippen LogP contribution in [0.25, 0.3) is 0 Å². The Morgan fingerprint density at radius 3 is 2.68 bits per heavy atom. The van der Waals surface area contributed by atoms with Gasteiger partial charge in [0.25, 0.3) is 0 Å². The largest absolute Gasteiger partial charge is 0.382 e. The molecule has 1 aliphatic carbocycles. The Bertz CT molecular complexity index is 427. The molecule has 0 amide bonds. The van der Waals surface area contributed by atoms with Gasteiger partial charge in [0.1, 0.15) is 0 Å². The molecule has 0 aromatic heterocycles. The molecule has 19 heavy (non-hydrogen) atoms. The molecule has 1 aromatic rings. The number of anilines is 1. The maximum Gasteiger partial charge on any atom is 0.0383 e. The Labute approximate surface area is 126 Å². The fraction of sp³-hybridized carbons (Fsp3) is 0.647. The highest BCUT2D eigenvalue weighted by Crippen LogP contribution is 2.36. The van der Waals surface area contributed by atoms with Crippen molar-refractivity contribution in [2.45, 2.75) is 53.0 Å². The second kappa shape index (κ2) is 6.30. The van der Waals surface area contributed by atoms with Gasteiger partial charge in [-0.3, -0.25) is 0 Å². The van der Waals surface area contributed by atoms with Crippen LogP contribution in [-0.2, 0) is 0 Å². The van der Waals surface area contributed by atoms with E-state index in [0.29, 0.717) is 6.04 Å². The smallest absolute Gasteiger partial charge is 0.0383 e. The highest BCUT2D eigenvalue weighted by molar-refractivity contribution is 9.10. The second-order valence-electron chi connectivity index (χ2n) is 6.49. The van der Waals surface area contributed by atoms with Gasteiger partial charge in [-0.25, -0.2) is 0 Å². The first kappa shape index (κ1) is 14.9. The average molecular weight is 324 g/mol. The summed E-state index contributed by atoms with van der Waals surface area (Å²) in [7, 11) is 0. The lowest BCUT2D eigenvalue weighted by Gasteiger charge is -2.38. The first-order chi connectivity index (χ1) is 8.99. The van der Waals surface area contributed by atoms with Gasteiger partial charge in [-0.05, 0) is 55.2 Å². The van der Waals surface area contributed by atoms with Crippen molar-refractivity contribution < 1.29 is 0 Å². The average Bonchev–Trinajstić information content (AvgIpc) is 2.35. The van der Waals surface area contributed by atoms with E-state index in [1.807, 2.05) is 0 Å². The van der Waals surface area contributed by atoms with E-state index >= 15 is 0 Å². The topological polar surface area (TPSA) is 12.0 Å². The van der Waals surface area contributed by atoms with E-state index in [4.69, 9.17) is 0 Å². The third kappa shape index (κ3) is 3.53. The summed E-state index contributed by atoms with van der Waals surface area (Å²) < 4.78 is 1.20. The van der Waals surface area contributed by atoms with Crippen LogP contribution in [0.5, 0.6) is 0 Å². The third-order valence-electron chi connectivity index (χ3n) is 4.63. The number of rotatable bonds is 3. The zero-order valence-corrected chi connectivity index (χ0v) is 14.1. The Kier molecular flexibility index (Phi) is 4.94. The van der Waals surface area contributed by atoms with Gasteiger partial charge in [0.2, 0.25) is 0 Å². The Balaban J connectivity index is 2.16. The van der Waals surface area contributed by atoms with Crippen LogP contribution < -0.4 is 5.32 Å². The molecule has 0 aliphatic heterocycles. The molecule has 0 spiro atoms. The fourth-order valence-electron chi connectivity index (χ4n) is 3.33. The Hall–Kier alpha value is -0.500. The molecule has 106 valence electrons. The fourth-order valence-corrected chi connectivity index (χ4v) is 3.70. The highest BCUT2D eigenvalue weighted by Gasteiger charge is 2.30. The standard InChI is InChI=1S/C17H26BrN/c1-11(2)14-9-8-12(3)10-17(14)19-16-7-5-6-15(18)13(16)4/h5-7,11-12,14,17,19H,8-10H2,1-4H3. The molecule has 1 fully saturated rings. The van der Waals surface area contributed by atoms with E-state index < -0.39 is 0 Å². The first-order valence-electron chi connectivity index (χ1n) is 7.50. The monoisotopic (exact) mass is 323 g/mol. The minimum atomic E-state index is 0.622. The molecule has 0 heterocycles. The van der Waals surface area contributed by atoms with E-state index in [1.165, 1.54) is 35.0 Å². The van der Waals surface area contributed by atoms with Crippen molar-refractivity contribution in [3.05, 3.63) is 28.2 Å². The van der Waals surface area contributed by atoms with Gasteiger partial charge in [-0.15, -0.1) is 0 Å². The van der Waals surface area contributed by atoms with E-state index in [0.717, 1.165) is 17.8 Å². The van der Waals surface area contributed by atoms with Gasteiger partial charge in [0.05, 0.1) is 0 Å². The van der Waals surface area contributed by atoms with Gasteiger partial charge in [-0.1, -0.05) is 49.2 Å². The summed E-state index contributed by atoms with van der Waals surface area (Å²) in [6, 6.07) is 7.06. The van der Waals surface area contributed by atoms with E-state index in [-0.39, 0.29) is 0 Å². The molecule has 2 rings (SSSR count). The van der Waals surface area contributed by atoms with Gasteiger partial charge in [0.15, 0.2) is 0 Å². The highest BCUT2D eigenvalue weighted by atomic mass is 79.9. The van der Waals surface area contributed by atoms with Crippen LogP contribution in [0.3, 0.4) is 0 Å². The van der Waals surface area contributed by atoms with Crippen molar-refractivity contribution in [1.29, 1.82) is 0 Å². The maximum atomic E-state index is 3.82. The molecule has 1 N–H and O–H groups in total. The molecule has 1 saturated carbocycles. The lowest BCUT2D eigenvalue weighted by Crippen LogP contribution is -2.38. The van der Waals surface area contributed by atoms with Crippen LogP contribution in [0.4, 0.5) is 5.69 Å². The molecule has 1 aliphatic rings. The number of hydrogen-bond acceptors (Lipinski definition) is 1. The van der Waals surface area contributed by atoms with Crippen LogP contribution in [-0.4, -0.2) is 6.04 Å². The summed E-state index contributed by atoms with van der Waals surface area (Å²) in [6.45, 7) is 9.30. The van der Waals surface area contributed by atoms with Crippen LogP contribution >= 0.6 is 15.9 Å². The first-order valence-corrected chi connectivity index (χ1v) is 8.30. The molecular formula is C17H26BrN. The molecule has 0 saturated heterocycles. The Morgan fingerprint density at radius 2 is 2.00 bits per heavy atom. The van der Waals surface area contributed by atoms with E-state index in [2.05, 4.69) is 67.1 Å². The lowest BCUT2D eigenvalue weighted by atomic mass is 9.74. The molecule has 0 bridgehead atoms. The summed E-state index contributed by atoms with van der Waals surface area (Å²) in [4.78, 5) is 0. The minimum Gasteiger partial charge on any atom is -0.382 e. The zero-order valence-electron chi connectivity index (χ0n) is 12.5. The Morgan fingerprint density at radius 1 is 1.26 bits per heavy atom. The summed E-state index contributed by atoms with van der Waals surface area (Å²) in [5.41, 5.74) is 2.61. The summed E-state index contributed by atoms with van der Waals surface area (Å²) in [6.07, 6.45) is 4.05. The summed E-state index contributed by atoms with van der Waals surface area (Å²) in [5, 5.41) is 3.82. The molecule has 2 heteroatoms. The third-order valence-corrected chi connectivity index (χ3v) is 5.49. The quantitative estimate of drug-likeness (QED) is 0.760. The minimum absolute atomic E-state index is 0.622. The summed E-state index contributed by atoms with van der Waals surface area (Å²) >= 11 is 3.63. The predicted octanol–water partition coefficient (Wildman–Crippen LogP) is 5.63. The number of nitrogens with one attached hydrogen (secondary N) is 1. The van der Waals surface area contributed by atoms with Crippen molar-refractivity contribution in [2.24, 2.45) is 17.8 Å². The van der Waals surface area contributed by atoms with Crippen LogP contribution in [0, 0.1) is 24.7 Å². The van der Waals surface area contributed by atoms with Gasteiger partial charge < -0.3 is 5.32 Å². The van der Waals surface area contributed by atoms with E-state index in [1.54, 1.807) is 0 Å². The van der Waals surface area contributed by atoms with Crippen molar-refractivity contribution in [3.63, 3.8) is 0 Å². The number of halogens is 1. The van der Waals surface area contributed by atoms with Crippen LogP contribution in [0.2, 0.25) is 0 Å². The SMILES string of the molecule is Cc1c(Br)cccc1NC1CC(C)CCC1C(C)C. The zero-order chi connectivity index (χ0) is 14.0. The normalized spacial score (nSPS) is 27.6. The van der Waals surface area contributed by atoms with Gasteiger partial charge in [0, 0.05) is 16.2 Å². The van der Waals surface area contributed by atoms with Crippen molar-refractivity contribution in [1.82, 2.24) is 0 Å². The lowest BCUT2D eigenvalue weighted by molar-refractivity contribution is 0.212. The van der Waals surface area contributed by atoms with E-state index in [9.17, 15) is 0 Å².